The van der Waals surface area contributed by atoms with Crippen LogP contribution in [0.25, 0.3) is 10.2 Å². The maximum atomic E-state index is 4.64. The van der Waals surface area contributed by atoms with Gasteiger partial charge in [-0.05, 0) is 25.0 Å². The van der Waals surface area contributed by atoms with Gasteiger partial charge >= 0.3 is 0 Å². The monoisotopic (exact) mass is 272 g/mol. The average molecular weight is 272 g/mol. The van der Waals surface area contributed by atoms with Crippen LogP contribution in [0.1, 0.15) is 12.0 Å². The van der Waals surface area contributed by atoms with Crippen molar-refractivity contribution in [2.75, 3.05) is 11.9 Å². The number of imidazole rings is 1. The van der Waals surface area contributed by atoms with Gasteiger partial charge < -0.3 is 9.88 Å². The second-order valence-corrected chi connectivity index (χ2v) is 5.55. The Balaban J connectivity index is 1.58. The Kier molecular flexibility index (Phi) is 3.46. The molecule has 0 fully saturated rings. The van der Waals surface area contributed by atoms with Gasteiger partial charge in [-0.2, -0.15) is 0 Å². The van der Waals surface area contributed by atoms with Gasteiger partial charge in [0, 0.05) is 25.5 Å². The van der Waals surface area contributed by atoms with Crippen LogP contribution in [-0.2, 0) is 6.54 Å². The molecule has 0 unspecified atom stereocenters. The van der Waals surface area contributed by atoms with Crippen LogP contribution in [-0.4, -0.2) is 21.1 Å². The first-order chi connectivity index (χ1) is 9.33. The molecule has 0 saturated carbocycles. The summed E-state index contributed by atoms with van der Waals surface area (Å²) in [5.74, 6) is 0. The molecule has 0 saturated heterocycles. The number of nitrogens with one attached hydrogen (secondary N) is 1. The van der Waals surface area contributed by atoms with Crippen LogP contribution in [0.5, 0.6) is 0 Å². The fraction of sp³-hybridized carbons (Fsp3) is 0.286. The van der Waals surface area contributed by atoms with Gasteiger partial charge in [0.15, 0.2) is 5.13 Å². The highest BCUT2D eigenvalue weighted by Crippen LogP contribution is 2.27. The van der Waals surface area contributed by atoms with E-state index in [4.69, 9.17) is 0 Å². The van der Waals surface area contributed by atoms with Gasteiger partial charge in [-0.1, -0.05) is 23.5 Å². The lowest BCUT2D eigenvalue weighted by atomic mass is 10.2. The predicted molar refractivity (Wildman–Crippen MR) is 79.7 cm³/mol. The van der Waals surface area contributed by atoms with E-state index < -0.39 is 0 Å². The van der Waals surface area contributed by atoms with E-state index in [0.717, 1.165) is 30.2 Å². The third-order valence-corrected chi connectivity index (χ3v) is 4.03. The molecule has 0 aliphatic carbocycles. The van der Waals surface area contributed by atoms with Crippen LogP contribution in [0.3, 0.4) is 0 Å². The summed E-state index contributed by atoms with van der Waals surface area (Å²) in [6, 6.07) is 6.31. The van der Waals surface area contributed by atoms with Gasteiger partial charge in [0.2, 0.25) is 0 Å². The summed E-state index contributed by atoms with van der Waals surface area (Å²) < 4.78 is 3.33. The number of rotatable bonds is 5. The highest BCUT2D eigenvalue weighted by molar-refractivity contribution is 7.22. The molecule has 0 radical (unpaired) electrons. The van der Waals surface area contributed by atoms with Crippen LogP contribution in [0, 0.1) is 6.92 Å². The fourth-order valence-electron chi connectivity index (χ4n) is 2.04. The van der Waals surface area contributed by atoms with Crippen molar-refractivity contribution in [3.05, 3.63) is 42.5 Å². The van der Waals surface area contributed by atoms with E-state index in [1.807, 2.05) is 18.7 Å². The standard InChI is InChI=1S/C14H16N4S/c1-11-4-2-5-12-13(11)17-14(19-12)16-6-3-8-18-9-7-15-10-18/h2,4-5,7,9-10H,3,6,8H2,1H3,(H,16,17). The lowest BCUT2D eigenvalue weighted by Gasteiger charge is -2.03. The van der Waals surface area contributed by atoms with Crippen molar-refractivity contribution in [2.45, 2.75) is 19.9 Å². The summed E-state index contributed by atoms with van der Waals surface area (Å²) in [6.07, 6.45) is 6.71. The van der Waals surface area contributed by atoms with Gasteiger partial charge in [0.1, 0.15) is 0 Å². The summed E-state index contributed by atoms with van der Waals surface area (Å²) in [5, 5.41) is 4.41. The minimum atomic E-state index is 0.928. The van der Waals surface area contributed by atoms with Gasteiger partial charge in [0.05, 0.1) is 16.5 Å². The van der Waals surface area contributed by atoms with Crippen molar-refractivity contribution in [2.24, 2.45) is 0 Å². The Labute approximate surface area is 116 Å². The number of fused-ring (bicyclic) bond motifs is 1. The van der Waals surface area contributed by atoms with Crippen molar-refractivity contribution in [1.29, 1.82) is 0 Å². The Morgan fingerprint density at radius 3 is 3.11 bits per heavy atom. The first-order valence-corrected chi connectivity index (χ1v) is 7.20. The Morgan fingerprint density at radius 2 is 2.32 bits per heavy atom. The third-order valence-electron chi connectivity index (χ3n) is 3.05. The molecule has 5 heteroatoms. The molecule has 98 valence electrons. The normalized spacial score (nSPS) is 11.0. The lowest BCUT2D eigenvalue weighted by Crippen LogP contribution is -2.05. The van der Waals surface area contributed by atoms with Crippen molar-refractivity contribution in [3.63, 3.8) is 0 Å². The van der Waals surface area contributed by atoms with Crippen LogP contribution >= 0.6 is 11.3 Å². The quantitative estimate of drug-likeness (QED) is 0.725. The summed E-state index contributed by atoms with van der Waals surface area (Å²) in [6.45, 7) is 4.01. The minimum Gasteiger partial charge on any atom is -0.361 e. The number of thiazole rings is 1. The molecule has 19 heavy (non-hydrogen) atoms. The second kappa shape index (κ2) is 5.40. The molecule has 0 bridgehead atoms. The number of hydrogen-bond acceptors (Lipinski definition) is 4. The summed E-state index contributed by atoms with van der Waals surface area (Å²) >= 11 is 1.72. The molecule has 3 rings (SSSR count). The molecule has 1 N–H and O–H groups in total. The first kappa shape index (κ1) is 12.2. The zero-order valence-electron chi connectivity index (χ0n) is 10.8. The molecule has 2 heterocycles. The van der Waals surface area contributed by atoms with Crippen molar-refractivity contribution >= 4 is 26.7 Å². The highest BCUT2D eigenvalue weighted by atomic mass is 32.1. The molecule has 0 aliphatic rings. The summed E-state index contributed by atoms with van der Waals surface area (Å²) in [5.41, 5.74) is 2.35. The molecule has 1 aromatic carbocycles. The van der Waals surface area contributed by atoms with E-state index in [1.54, 1.807) is 11.3 Å². The number of hydrogen-bond donors (Lipinski definition) is 1. The number of aryl methyl sites for hydroxylation is 2. The van der Waals surface area contributed by atoms with Crippen LogP contribution in [0.15, 0.2) is 36.9 Å². The largest absolute Gasteiger partial charge is 0.361 e. The third kappa shape index (κ3) is 2.76. The highest BCUT2D eigenvalue weighted by Gasteiger charge is 2.04. The number of anilines is 1. The average Bonchev–Trinajstić information content (AvgIpc) is 3.04. The van der Waals surface area contributed by atoms with Crippen molar-refractivity contribution < 1.29 is 0 Å². The fourth-order valence-corrected chi connectivity index (χ4v) is 3.01. The molecule has 0 atom stereocenters. The lowest BCUT2D eigenvalue weighted by molar-refractivity contribution is 0.660. The van der Waals surface area contributed by atoms with E-state index in [2.05, 4.69) is 45.0 Å². The molecule has 4 nitrogen and oxygen atoms in total. The van der Waals surface area contributed by atoms with Gasteiger partial charge in [-0.3, -0.25) is 0 Å². The van der Waals surface area contributed by atoms with E-state index in [9.17, 15) is 0 Å². The molecular weight excluding hydrogens is 256 g/mol. The molecular formula is C14H16N4S. The smallest absolute Gasteiger partial charge is 0.183 e. The topological polar surface area (TPSA) is 42.7 Å². The van der Waals surface area contributed by atoms with Gasteiger partial charge in [-0.25, -0.2) is 9.97 Å². The minimum absolute atomic E-state index is 0.928. The van der Waals surface area contributed by atoms with Gasteiger partial charge in [-0.15, -0.1) is 0 Å². The second-order valence-electron chi connectivity index (χ2n) is 4.52. The van der Waals surface area contributed by atoms with E-state index in [1.165, 1.54) is 10.3 Å². The Morgan fingerprint density at radius 1 is 1.37 bits per heavy atom. The molecule has 3 aromatic rings. The van der Waals surface area contributed by atoms with E-state index in [-0.39, 0.29) is 0 Å². The van der Waals surface area contributed by atoms with Crippen LogP contribution in [0.2, 0.25) is 0 Å². The van der Waals surface area contributed by atoms with E-state index >= 15 is 0 Å². The number of para-hydroxylation sites is 1. The first-order valence-electron chi connectivity index (χ1n) is 6.39. The number of benzene rings is 1. The Hall–Kier alpha value is -1.88. The van der Waals surface area contributed by atoms with E-state index in [0.29, 0.717) is 0 Å². The van der Waals surface area contributed by atoms with Gasteiger partial charge in [0.25, 0.3) is 0 Å². The predicted octanol–water partition coefficient (Wildman–Crippen LogP) is 3.30. The van der Waals surface area contributed by atoms with Crippen molar-refractivity contribution in [1.82, 2.24) is 14.5 Å². The molecule has 0 spiro atoms. The molecule has 0 amide bonds. The van der Waals surface area contributed by atoms with Crippen LogP contribution in [0.4, 0.5) is 5.13 Å². The van der Waals surface area contributed by atoms with Crippen LogP contribution < -0.4 is 5.32 Å². The molecule has 2 aromatic heterocycles. The Bertz CT molecular complexity index is 657. The number of aromatic nitrogens is 3. The number of nitrogens with zero attached hydrogens (tertiary/aromatic N) is 3. The zero-order valence-corrected chi connectivity index (χ0v) is 11.7. The maximum Gasteiger partial charge on any atom is 0.183 e. The van der Waals surface area contributed by atoms with Crippen molar-refractivity contribution in [3.8, 4) is 0 Å². The summed E-state index contributed by atoms with van der Waals surface area (Å²) in [4.78, 5) is 8.66. The molecule has 0 aliphatic heterocycles. The zero-order chi connectivity index (χ0) is 13.1. The summed E-state index contributed by atoms with van der Waals surface area (Å²) in [7, 11) is 0. The maximum absolute atomic E-state index is 4.64. The SMILES string of the molecule is Cc1cccc2sc(NCCCn3ccnc3)nc12.